The van der Waals surface area contributed by atoms with E-state index in [4.69, 9.17) is 26.3 Å². The number of benzene rings is 2. The largest absolute Gasteiger partial charge is 0.478 e. The van der Waals surface area contributed by atoms with Gasteiger partial charge in [0.2, 0.25) is 0 Å². The molecule has 1 aliphatic heterocycles. The molecule has 4 nitrogen and oxygen atoms in total. The SMILES string of the molecule is N#Cc1ccc(COC(=O)C2Cc3cc(Cl)ccc3O2)cc1. The zero-order chi connectivity index (χ0) is 15.5. The fourth-order valence-corrected chi connectivity index (χ4v) is 2.47. The number of halogens is 1. The van der Waals surface area contributed by atoms with E-state index in [0.29, 0.717) is 22.8 Å². The van der Waals surface area contributed by atoms with E-state index in [1.807, 2.05) is 6.07 Å². The number of ether oxygens (including phenoxy) is 2. The Bertz CT molecular complexity index is 749. The van der Waals surface area contributed by atoms with Gasteiger partial charge in [-0.2, -0.15) is 5.26 Å². The average Bonchev–Trinajstić information content (AvgIpc) is 2.96. The Morgan fingerprint density at radius 1 is 1.32 bits per heavy atom. The molecule has 3 rings (SSSR count). The van der Waals surface area contributed by atoms with Crippen LogP contribution in [0.15, 0.2) is 42.5 Å². The van der Waals surface area contributed by atoms with Gasteiger partial charge >= 0.3 is 5.97 Å². The van der Waals surface area contributed by atoms with Crippen LogP contribution in [0.2, 0.25) is 5.02 Å². The van der Waals surface area contributed by atoms with Gasteiger partial charge in [0.15, 0.2) is 6.10 Å². The lowest BCUT2D eigenvalue weighted by Gasteiger charge is -2.10. The van der Waals surface area contributed by atoms with E-state index in [2.05, 4.69) is 0 Å². The van der Waals surface area contributed by atoms with Gasteiger partial charge in [0.25, 0.3) is 0 Å². The third kappa shape index (κ3) is 3.05. The van der Waals surface area contributed by atoms with Crippen LogP contribution in [-0.2, 0) is 22.6 Å². The lowest BCUT2D eigenvalue weighted by molar-refractivity contribution is -0.152. The van der Waals surface area contributed by atoms with Crippen molar-refractivity contribution in [2.24, 2.45) is 0 Å². The van der Waals surface area contributed by atoms with E-state index in [1.165, 1.54) is 0 Å². The summed E-state index contributed by atoms with van der Waals surface area (Å²) in [4.78, 5) is 12.1. The third-order valence-electron chi connectivity index (χ3n) is 3.42. The van der Waals surface area contributed by atoms with Gasteiger partial charge in [-0.25, -0.2) is 4.79 Å². The highest BCUT2D eigenvalue weighted by Gasteiger charge is 2.30. The first kappa shape index (κ1) is 14.4. The minimum atomic E-state index is -0.633. The van der Waals surface area contributed by atoms with Crippen molar-refractivity contribution < 1.29 is 14.3 Å². The van der Waals surface area contributed by atoms with Crippen molar-refractivity contribution in [3.63, 3.8) is 0 Å². The fraction of sp³-hybridized carbons (Fsp3) is 0.176. The average molecular weight is 314 g/mol. The first-order chi connectivity index (χ1) is 10.7. The predicted molar refractivity (Wildman–Crippen MR) is 80.5 cm³/mol. The van der Waals surface area contributed by atoms with E-state index in [0.717, 1.165) is 11.1 Å². The van der Waals surface area contributed by atoms with Crippen LogP contribution in [0.1, 0.15) is 16.7 Å². The normalized spacial score (nSPS) is 15.5. The number of carbonyl (C=O) groups excluding carboxylic acids is 1. The molecule has 0 aromatic heterocycles. The van der Waals surface area contributed by atoms with Crippen molar-refractivity contribution in [3.8, 4) is 11.8 Å². The van der Waals surface area contributed by atoms with E-state index < -0.39 is 12.1 Å². The maximum atomic E-state index is 12.1. The lowest BCUT2D eigenvalue weighted by atomic mass is 10.1. The van der Waals surface area contributed by atoms with Gasteiger partial charge in [0.05, 0.1) is 11.6 Å². The molecule has 0 bridgehead atoms. The van der Waals surface area contributed by atoms with Crippen molar-refractivity contribution in [2.75, 3.05) is 0 Å². The number of carbonyl (C=O) groups is 1. The Hall–Kier alpha value is -2.51. The fourth-order valence-electron chi connectivity index (χ4n) is 2.27. The summed E-state index contributed by atoms with van der Waals surface area (Å²) in [6, 6.07) is 14.2. The molecule has 0 fully saturated rings. The molecular formula is C17H12ClNO3. The molecule has 0 saturated heterocycles. The summed E-state index contributed by atoms with van der Waals surface area (Å²) in [6.07, 6.45) is -0.172. The standard InChI is InChI=1S/C17H12ClNO3/c18-14-5-6-15-13(7-14)8-16(22-15)17(20)21-10-12-3-1-11(9-19)2-4-12/h1-7,16H,8,10H2. The Labute approximate surface area is 132 Å². The molecule has 0 aliphatic carbocycles. The summed E-state index contributed by atoms with van der Waals surface area (Å²) >= 11 is 5.92. The monoisotopic (exact) mass is 313 g/mol. The van der Waals surface area contributed by atoms with Gasteiger partial charge in [-0.05, 0) is 41.5 Å². The first-order valence-electron chi connectivity index (χ1n) is 6.76. The number of fused-ring (bicyclic) bond motifs is 1. The van der Waals surface area contributed by atoms with Gasteiger partial charge in [-0.3, -0.25) is 0 Å². The minimum Gasteiger partial charge on any atom is -0.478 e. The van der Waals surface area contributed by atoms with Gasteiger partial charge in [-0.15, -0.1) is 0 Å². The quantitative estimate of drug-likeness (QED) is 0.816. The molecule has 1 heterocycles. The molecule has 1 aliphatic rings. The molecule has 110 valence electrons. The zero-order valence-electron chi connectivity index (χ0n) is 11.6. The second kappa shape index (κ2) is 6.08. The molecule has 22 heavy (non-hydrogen) atoms. The number of hydrogen-bond donors (Lipinski definition) is 0. The van der Waals surface area contributed by atoms with Gasteiger partial charge in [0, 0.05) is 11.4 Å². The Morgan fingerprint density at radius 2 is 2.09 bits per heavy atom. The molecule has 1 unspecified atom stereocenters. The predicted octanol–water partition coefficient (Wildman–Crippen LogP) is 3.26. The Kier molecular flexibility index (Phi) is 3.99. The number of esters is 1. The molecule has 2 aromatic carbocycles. The van der Waals surface area contributed by atoms with E-state index in [1.54, 1.807) is 42.5 Å². The maximum absolute atomic E-state index is 12.1. The van der Waals surface area contributed by atoms with E-state index in [-0.39, 0.29) is 6.61 Å². The molecule has 0 saturated carbocycles. The van der Waals surface area contributed by atoms with Crippen molar-refractivity contribution in [2.45, 2.75) is 19.1 Å². The number of rotatable bonds is 3. The highest BCUT2D eigenvalue weighted by Crippen LogP contribution is 2.31. The summed E-state index contributed by atoms with van der Waals surface area (Å²) in [5.74, 6) is 0.265. The van der Waals surface area contributed by atoms with Crippen LogP contribution in [0.25, 0.3) is 0 Å². The van der Waals surface area contributed by atoms with Crippen LogP contribution in [-0.4, -0.2) is 12.1 Å². The molecule has 0 amide bonds. The highest BCUT2D eigenvalue weighted by molar-refractivity contribution is 6.30. The smallest absolute Gasteiger partial charge is 0.348 e. The van der Waals surface area contributed by atoms with Crippen molar-refractivity contribution >= 4 is 17.6 Å². The van der Waals surface area contributed by atoms with Crippen LogP contribution in [0.5, 0.6) is 5.75 Å². The Morgan fingerprint density at radius 3 is 2.82 bits per heavy atom. The second-order valence-electron chi connectivity index (χ2n) is 4.98. The first-order valence-corrected chi connectivity index (χ1v) is 7.14. The second-order valence-corrected chi connectivity index (χ2v) is 5.42. The Balaban J connectivity index is 1.58. The van der Waals surface area contributed by atoms with Crippen LogP contribution in [0.4, 0.5) is 0 Å². The van der Waals surface area contributed by atoms with Crippen LogP contribution in [0.3, 0.4) is 0 Å². The maximum Gasteiger partial charge on any atom is 0.348 e. The van der Waals surface area contributed by atoms with E-state index >= 15 is 0 Å². The summed E-state index contributed by atoms with van der Waals surface area (Å²) in [6.45, 7) is 0.154. The molecule has 2 aromatic rings. The van der Waals surface area contributed by atoms with Gasteiger partial charge < -0.3 is 9.47 Å². The number of nitriles is 1. The minimum absolute atomic E-state index is 0.154. The van der Waals surface area contributed by atoms with Gasteiger partial charge in [-0.1, -0.05) is 23.7 Å². The molecule has 0 N–H and O–H groups in total. The van der Waals surface area contributed by atoms with Crippen LogP contribution >= 0.6 is 11.6 Å². The number of hydrogen-bond acceptors (Lipinski definition) is 4. The van der Waals surface area contributed by atoms with E-state index in [9.17, 15) is 4.79 Å². The van der Waals surface area contributed by atoms with Crippen LogP contribution in [0, 0.1) is 11.3 Å². The molecule has 0 spiro atoms. The molecule has 5 heteroatoms. The summed E-state index contributed by atoms with van der Waals surface area (Å²) in [5.41, 5.74) is 2.31. The van der Waals surface area contributed by atoms with Crippen molar-refractivity contribution in [1.82, 2.24) is 0 Å². The topological polar surface area (TPSA) is 59.3 Å². The molecule has 1 atom stereocenters. The van der Waals surface area contributed by atoms with Crippen LogP contribution < -0.4 is 4.74 Å². The molecule has 0 radical (unpaired) electrons. The van der Waals surface area contributed by atoms with Crippen molar-refractivity contribution in [1.29, 1.82) is 5.26 Å². The summed E-state index contributed by atoms with van der Waals surface area (Å²) in [7, 11) is 0. The van der Waals surface area contributed by atoms with Crippen molar-refractivity contribution in [3.05, 3.63) is 64.2 Å². The number of nitrogens with zero attached hydrogens (tertiary/aromatic N) is 1. The summed E-state index contributed by atoms with van der Waals surface area (Å²) < 4.78 is 10.8. The highest BCUT2D eigenvalue weighted by atomic mass is 35.5. The molecular weight excluding hydrogens is 302 g/mol. The lowest BCUT2D eigenvalue weighted by Crippen LogP contribution is -2.27. The zero-order valence-corrected chi connectivity index (χ0v) is 12.3. The summed E-state index contributed by atoms with van der Waals surface area (Å²) in [5, 5.41) is 9.35. The van der Waals surface area contributed by atoms with Gasteiger partial charge in [0.1, 0.15) is 12.4 Å². The third-order valence-corrected chi connectivity index (χ3v) is 3.66.